The van der Waals surface area contributed by atoms with E-state index in [-0.39, 0.29) is 35.6 Å². The number of fused-ring (bicyclic) bond motifs is 1. The van der Waals surface area contributed by atoms with Gasteiger partial charge in [0.05, 0.1) is 35.2 Å². The molecule has 5 aromatic carbocycles. The lowest BCUT2D eigenvalue weighted by atomic mass is 9.99. The summed E-state index contributed by atoms with van der Waals surface area (Å²) in [7, 11) is -4.62. The van der Waals surface area contributed by atoms with Crippen LogP contribution in [0, 0.1) is 34.9 Å². The van der Waals surface area contributed by atoms with Gasteiger partial charge in [0.15, 0.2) is 21.4 Å². The highest BCUT2D eigenvalue weighted by molar-refractivity contribution is 7.90. The number of Topliss-reactive ketones (excluding diaryl/α,β-unsaturated/α-hetero) is 1. The molecule has 1 aromatic heterocycles. The van der Waals surface area contributed by atoms with E-state index in [4.69, 9.17) is 4.74 Å². The highest BCUT2D eigenvalue weighted by Crippen LogP contribution is 2.27. The molecule has 8 nitrogen and oxygen atoms in total. The first-order chi connectivity index (χ1) is 28.4. The van der Waals surface area contributed by atoms with Crippen molar-refractivity contribution in [2.24, 2.45) is 0 Å². The van der Waals surface area contributed by atoms with Crippen LogP contribution in [0.15, 0.2) is 108 Å². The van der Waals surface area contributed by atoms with E-state index in [1.54, 1.807) is 6.07 Å². The number of hydrogen-bond acceptors (Lipinski definition) is 7. The molecule has 16 heteroatoms. The molecule has 6 rings (SSSR count). The number of ketones is 1. The summed E-state index contributed by atoms with van der Waals surface area (Å²) in [5.74, 6) is -8.21. The summed E-state index contributed by atoms with van der Waals surface area (Å²) < 4.78 is 121. The number of aromatic nitrogens is 1. The number of rotatable bonds is 15. The molecule has 0 aliphatic heterocycles. The lowest BCUT2D eigenvalue weighted by Crippen LogP contribution is -2.21. The molecular weight excluding hydrogens is 827 g/mol. The number of benzene rings is 5. The van der Waals surface area contributed by atoms with Crippen LogP contribution in [-0.2, 0) is 44.8 Å². The summed E-state index contributed by atoms with van der Waals surface area (Å²) >= 11 is 0. The van der Waals surface area contributed by atoms with E-state index >= 15 is 4.39 Å². The van der Waals surface area contributed by atoms with Crippen molar-refractivity contribution in [3.8, 4) is 0 Å². The highest BCUT2D eigenvalue weighted by atomic mass is 32.2. The zero-order chi connectivity index (χ0) is 43.8. The van der Waals surface area contributed by atoms with Crippen LogP contribution in [0.4, 0.5) is 32.0 Å². The van der Waals surface area contributed by atoms with E-state index in [2.05, 4.69) is 29.7 Å². The second-order valence-corrected chi connectivity index (χ2v) is 22.4. The fourth-order valence-corrected chi connectivity index (χ4v) is 8.41. The predicted octanol–water partition coefficient (Wildman–Crippen LogP) is 10.3. The van der Waals surface area contributed by atoms with Crippen LogP contribution in [0.25, 0.3) is 10.9 Å². The second-order valence-electron chi connectivity index (χ2n) is 14.9. The van der Waals surface area contributed by atoms with E-state index in [1.165, 1.54) is 24.3 Å². The van der Waals surface area contributed by atoms with Gasteiger partial charge < -0.3 is 19.4 Å². The Kier molecular flexibility index (Phi) is 14.8. The molecule has 0 spiro atoms. The molecular formula is C44H42F6N2O6SSi. The minimum atomic E-state index is -4.49. The normalized spacial score (nSPS) is 11.6. The summed E-state index contributed by atoms with van der Waals surface area (Å²) in [6.07, 6.45) is 1.94. The molecule has 0 fully saturated rings. The molecule has 0 bridgehead atoms. The van der Waals surface area contributed by atoms with Gasteiger partial charge in [-0.2, -0.15) is 0 Å². The van der Waals surface area contributed by atoms with Crippen molar-refractivity contribution in [2.75, 3.05) is 19.0 Å². The number of esters is 1. The van der Waals surface area contributed by atoms with E-state index in [1.807, 2.05) is 35.0 Å². The van der Waals surface area contributed by atoms with Crippen molar-refractivity contribution in [1.29, 1.82) is 0 Å². The summed E-state index contributed by atoms with van der Waals surface area (Å²) in [5.41, 5.74) is 0.609. The van der Waals surface area contributed by atoms with Gasteiger partial charge in [0.2, 0.25) is 0 Å². The van der Waals surface area contributed by atoms with E-state index in [9.17, 15) is 40.0 Å². The Hall–Kier alpha value is -5.71. The molecule has 6 aromatic rings. The molecule has 0 atom stereocenters. The lowest BCUT2D eigenvalue weighted by molar-refractivity contribution is 0.0595. The zero-order valence-electron chi connectivity index (χ0n) is 33.1. The fraction of sp³-hybridized carbons (Fsp3) is 0.227. The van der Waals surface area contributed by atoms with Crippen LogP contribution in [0.5, 0.6) is 0 Å². The van der Waals surface area contributed by atoms with Crippen LogP contribution >= 0.6 is 0 Å². The maximum Gasteiger partial charge on any atom is 0.340 e. The van der Waals surface area contributed by atoms with Gasteiger partial charge in [-0.1, -0.05) is 62.1 Å². The van der Waals surface area contributed by atoms with Crippen molar-refractivity contribution < 1.29 is 53.8 Å². The molecule has 0 saturated carbocycles. The Morgan fingerprint density at radius 2 is 1.30 bits per heavy atom. The van der Waals surface area contributed by atoms with Crippen molar-refractivity contribution in [3.05, 3.63) is 166 Å². The third kappa shape index (κ3) is 11.1. The summed E-state index contributed by atoms with van der Waals surface area (Å²) in [4.78, 5) is 23.4. The van der Waals surface area contributed by atoms with Gasteiger partial charge in [0.1, 0.15) is 40.7 Å². The molecule has 0 amide bonds. The lowest BCUT2D eigenvalue weighted by Gasteiger charge is -2.16. The quantitative estimate of drug-likeness (QED) is 0.0360. The topological polar surface area (TPSA) is 104 Å². The van der Waals surface area contributed by atoms with Crippen LogP contribution < -0.4 is 5.32 Å². The van der Waals surface area contributed by atoms with Crippen LogP contribution in [0.1, 0.15) is 37.4 Å². The van der Waals surface area contributed by atoms with E-state index in [0.29, 0.717) is 13.3 Å². The smallest absolute Gasteiger partial charge is 0.340 e. The first-order valence-corrected chi connectivity index (χ1v) is 23.9. The van der Waals surface area contributed by atoms with E-state index in [0.717, 1.165) is 72.1 Å². The Labute approximate surface area is 344 Å². The third-order valence-corrected chi connectivity index (χ3v) is 12.8. The van der Waals surface area contributed by atoms with Crippen LogP contribution in [0.3, 0.4) is 0 Å². The van der Waals surface area contributed by atoms with Gasteiger partial charge in [-0.25, -0.2) is 39.6 Å². The average Bonchev–Trinajstić information content (AvgIpc) is 3.61. The molecule has 1 N–H and O–H groups in total. The maximum absolute atomic E-state index is 15.2. The van der Waals surface area contributed by atoms with Crippen LogP contribution in [0.2, 0.25) is 25.7 Å². The summed E-state index contributed by atoms with van der Waals surface area (Å²) in [6.45, 7) is 7.81. The first-order valence-electron chi connectivity index (χ1n) is 18.6. The summed E-state index contributed by atoms with van der Waals surface area (Å²) in [5, 5.41) is 3.63. The molecule has 0 aliphatic carbocycles. The number of ether oxygens (including phenoxy) is 2. The van der Waals surface area contributed by atoms with Gasteiger partial charge >= 0.3 is 5.97 Å². The maximum atomic E-state index is 15.2. The van der Waals surface area contributed by atoms with Crippen molar-refractivity contribution in [3.63, 3.8) is 0 Å². The molecule has 60 heavy (non-hydrogen) atoms. The number of anilines is 1. The predicted molar refractivity (Wildman–Crippen MR) is 219 cm³/mol. The van der Waals surface area contributed by atoms with Gasteiger partial charge in [-0.15, -0.1) is 0 Å². The van der Waals surface area contributed by atoms with E-state index < -0.39 is 80.6 Å². The van der Waals surface area contributed by atoms with Gasteiger partial charge in [-0.05, 0) is 66.2 Å². The molecule has 0 aliphatic rings. The minimum Gasteiger partial charge on any atom is -0.465 e. The summed E-state index contributed by atoms with van der Waals surface area (Å²) in [6, 6.07) is 22.8. The Balaban J connectivity index is 0.000000255. The number of nitrogens with one attached hydrogen (secondary N) is 1. The number of sulfone groups is 1. The molecule has 0 saturated heterocycles. The zero-order valence-corrected chi connectivity index (χ0v) is 34.9. The Morgan fingerprint density at radius 1 is 0.717 bits per heavy atom. The van der Waals surface area contributed by atoms with Crippen LogP contribution in [-0.4, -0.2) is 46.5 Å². The number of nitrogens with zero attached hydrogens (tertiary/aromatic N) is 1. The number of carbonyl (C=O) groups excluding carboxylic acids is 2. The van der Waals surface area contributed by atoms with Gasteiger partial charge in [-0.3, -0.25) is 4.79 Å². The number of methoxy groups -OCH3 is 1. The number of hydrogen-bond donors (Lipinski definition) is 1. The number of halogens is 6. The SMILES string of the molecule is COC(=O)c1cccc(CS(=O)(=O)c2c(F)cccc2F)c1F.C[Si](C)(C)CCOCn1ccc2c(CC(=O)c3cccc(NCc4c(F)cccc4F)c3F)cccc21. The molecule has 316 valence electrons. The average molecular weight is 869 g/mol. The molecule has 1 heterocycles. The Bertz CT molecular complexity index is 2590. The third-order valence-electron chi connectivity index (χ3n) is 9.36. The highest BCUT2D eigenvalue weighted by Gasteiger charge is 2.27. The minimum absolute atomic E-state index is 0.00771. The van der Waals surface area contributed by atoms with Crippen molar-refractivity contribution >= 4 is 46.3 Å². The number of carbonyl (C=O) groups is 2. The van der Waals surface area contributed by atoms with Gasteiger partial charge in [0, 0.05) is 50.4 Å². The standard InChI is InChI=1S/C29H31F3N2O2Si.C15H11F3O4S/c1-37(2,3)16-15-36-19-34-14-13-21-20(7-4-12-27(21)34)17-28(35)22-8-5-11-26(29(22)32)33-18-23-24(30)9-6-10-25(23)31;1-22-15(19)10-5-2-4-9(13(10)18)8-23(20,21)14-11(16)6-3-7-12(14)17/h4-14,33H,15-19H2,1-3H3;2-7H,8H2,1H3. The largest absolute Gasteiger partial charge is 0.465 e. The van der Waals surface area contributed by atoms with Gasteiger partial charge in [0.25, 0.3) is 0 Å². The second kappa shape index (κ2) is 19.6. The fourth-order valence-electron chi connectivity index (χ4n) is 6.15. The Morgan fingerprint density at radius 3 is 1.95 bits per heavy atom. The first kappa shape index (κ1) is 45.4. The van der Waals surface area contributed by atoms with Crippen molar-refractivity contribution in [1.82, 2.24) is 4.57 Å². The van der Waals surface area contributed by atoms with Crippen molar-refractivity contribution in [2.45, 2.75) is 56.0 Å². The molecule has 0 radical (unpaired) electrons. The monoisotopic (exact) mass is 868 g/mol. The molecule has 0 unspecified atom stereocenters.